The van der Waals surface area contributed by atoms with Crippen molar-refractivity contribution in [3.05, 3.63) is 42.0 Å². The Labute approximate surface area is 118 Å². The van der Waals surface area contributed by atoms with Crippen molar-refractivity contribution >= 4 is 0 Å². The Balaban J connectivity index is 2.31. The second-order valence-corrected chi connectivity index (χ2v) is 5.26. The summed E-state index contributed by atoms with van der Waals surface area (Å²) in [6, 6.07) is 8.55. The molecule has 0 N–H and O–H groups in total. The normalized spacial score (nSPS) is 12.8. The summed E-state index contributed by atoms with van der Waals surface area (Å²) < 4.78 is 5.75. The Kier molecular flexibility index (Phi) is 8.04. The third-order valence-electron chi connectivity index (χ3n) is 3.27. The highest BCUT2D eigenvalue weighted by Gasteiger charge is 2.00. The third-order valence-corrected chi connectivity index (χ3v) is 3.27. The summed E-state index contributed by atoms with van der Waals surface area (Å²) >= 11 is 0. The molecule has 0 aliphatic heterocycles. The number of ether oxygens (including phenoxy) is 1. The van der Waals surface area contributed by atoms with Gasteiger partial charge >= 0.3 is 0 Å². The summed E-state index contributed by atoms with van der Waals surface area (Å²) in [5.74, 6) is 1.60. The molecule has 1 rings (SSSR count). The summed E-state index contributed by atoms with van der Waals surface area (Å²) in [5, 5.41) is 0. The lowest BCUT2D eigenvalue weighted by atomic mass is 10.0. The van der Waals surface area contributed by atoms with Gasteiger partial charge in [0.15, 0.2) is 0 Å². The lowest BCUT2D eigenvalue weighted by Crippen LogP contribution is -1.98. The van der Waals surface area contributed by atoms with E-state index in [-0.39, 0.29) is 0 Å². The first-order valence-electron chi connectivity index (χ1n) is 7.60. The third kappa shape index (κ3) is 7.05. The molecule has 0 aliphatic carbocycles. The summed E-state index contributed by atoms with van der Waals surface area (Å²) in [4.78, 5) is 0. The van der Waals surface area contributed by atoms with E-state index in [9.17, 15) is 0 Å². The topological polar surface area (TPSA) is 9.23 Å². The molecule has 1 unspecified atom stereocenters. The van der Waals surface area contributed by atoms with Crippen LogP contribution in [0.1, 0.15) is 52.0 Å². The number of hydrogen-bond donors (Lipinski definition) is 0. The molecule has 0 saturated heterocycles. The van der Waals surface area contributed by atoms with Gasteiger partial charge in [-0.1, -0.05) is 57.4 Å². The molecule has 0 bridgehead atoms. The number of rotatable bonds is 9. The van der Waals surface area contributed by atoms with Crippen LogP contribution < -0.4 is 4.74 Å². The average Bonchev–Trinajstić information content (AvgIpc) is 2.41. The molecular weight excluding hydrogens is 232 g/mol. The van der Waals surface area contributed by atoms with Gasteiger partial charge in [-0.05, 0) is 43.4 Å². The van der Waals surface area contributed by atoms with E-state index in [2.05, 4.69) is 57.2 Å². The van der Waals surface area contributed by atoms with Crippen molar-refractivity contribution in [1.29, 1.82) is 0 Å². The first-order valence-corrected chi connectivity index (χ1v) is 7.60. The zero-order valence-electron chi connectivity index (χ0n) is 12.7. The van der Waals surface area contributed by atoms with Crippen LogP contribution >= 0.6 is 0 Å². The van der Waals surface area contributed by atoms with E-state index in [4.69, 9.17) is 4.74 Å². The number of hydrogen-bond acceptors (Lipinski definition) is 1. The smallest absolute Gasteiger partial charge is 0.119 e. The van der Waals surface area contributed by atoms with Gasteiger partial charge in [-0.15, -0.1) is 0 Å². The van der Waals surface area contributed by atoms with E-state index in [1.54, 1.807) is 0 Å². The Morgan fingerprint density at radius 2 is 1.84 bits per heavy atom. The molecule has 0 aromatic heterocycles. The molecule has 0 aliphatic rings. The van der Waals surface area contributed by atoms with Gasteiger partial charge < -0.3 is 4.74 Å². The van der Waals surface area contributed by atoms with Gasteiger partial charge in [0, 0.05) is 0 Å². The van der Waals surface area contributed by atoms with Gasteiger partial charge in [0.2, 0.25) is 0 Å². The van der Waals surface area contributed by atoms with Gasteiger partial charge in [0.05, 0.1) is 6.61 Å². The molecule has 1 aromatic carbocycles. The zero-order valence-corrected chi connectivity index (χ0v) is 12.7. The molecule has 0 radical (unpaired) electrons. The maximum Gasteiger partial charge on any atom is 0.119 e. The van der Waals surface area contributed by atoms with Gasteiger partial charge in [0.25, 0.3) is 0 Å². The van der Waals surface area contributed by atoms with Crippen LogP contribution in [-0.2, 0) is 6.42 Å². The second-order valence-electron chi connectivity index (χ2n) is 5.26. The number of benzene rings is 1. The first kappa shape index (κ1) is 15.8. The predicted molar refractivity (Wildman–Crippen MR) is 83.8 cm³/mol. The van der Waals surface area contributed by atoms with Crippen LogP contribution in [0.15, 0.2) is 36.4 Å². The van der Waals surface area contributed by atoms with Crippen LogP contribution in [0.4, 0.5) is 0 Å². The largest absolute Gasteiger partial charge is 0.494 e. The summed E-state index contributed by atoms with van der Waals surface area (Å²) in [6.07, 6.45) is 10.5. The van der Waals surface area contributed by atoms with E-state index in [0.717, 1.165) is 25.2 Å². The Morgan fingerprint density at radius 1 is 1.11 bits per heavy atom. The Hall–Kier alpha value is -1.24. The van der Waals surface area contributed by atoms with Crippen molar-refractivity contribution in [3.63, 3.8) is 0 Å². The van der Waals surface area contributed by atoms with Crippen LogP contribution in [0.3, 0.4) is 0 Å². The lowest BCUT2D eigenvalue weighted by molar-refractivity contribution is 0.305. The lowest BCUT2D eigenvalue weighted by Gasteiger charge is -2.09. The van der Waals surface area contributed by atoms with Gasteiger partial charge in [-0.3, -0.25) is 0 Å². The molecule has 106 valence electrons. The van der Waals surface area contributed by atoms with Crippen LogP contribution in [-0.4, -0.2) is 6.61 Å². The predicted octanol–water partition coefficient (Wildman–Crippen LogP) is 5.40. The van der Waals surface area contributed by atoms with E-state index in [0.29, 0.717) is 5.92 Å². The SMILES string of the molecule is C/C=C\C(C)Cc1ccc(OCCCCCC)cc1. The van der Waals surface area contributed by atoms with Gasteiger partial charge in [-0.2, -0.15) is 0 Å². The van der Waals surface area contributed by atoms with Crippen LogP contribution in [0.5, 0.6) is 5.75 Å². The highest BCUT2D eigenvalue weighted by atomic mass is 16.5. The quantitative estimate of drug-likeness (QED) is 0.426. The fourth-order valence-electron chi connectivity index (χ4n) is 2.21. The van der Waals surface area contributed by atoms with Crippen LogP contribution in [0.2, 0.25) is 0 Å². The average molecular weight is 260 g/mol. The summed E-state index contributed by atoms with van der Waals surface area (Å²) in [5.41, 5.74) is 1.38. The molecule has 0 fully saturated rings. The number of allylic oxidation sites excluding steroid dienone is 2. The molecule has 1 nitrogen and oxygen atoms in total. The fourth-order valence-corrected chi connectivity index (χ4v) is 2.21. The maximum atomic E-state index is 5.75. The van der Waals surface area contributed by atoms with E-state index >= 15 is 0 Å². The maximum absolute atomic E-state index is 5.75. The van der Waals surface area contributed by atoms with Crippen molar-refractivity contribution in [2.75, 3.05) is 6.61 Å². The van der Waals surface area contributed by atoms with Gasteiger partial charge in [-0.25, -0.2) is 0 Å². The minimum absolute atomic E-state index is 0.603. The molecule has 1 atom stereocenters. The van der Waals surface area contributed by atoms with E-state index in [1.807, 2.05) is 0 Å². The highest BCUT2D eigenvalue weighted by Crippen LogP contribution is 2.16. The van der Waals surface area contributed by atoms with E-state index < -0.39 is 0 Å². The minimum Gasteiger partial charge on any atom is -0.494 e. The molecule has 0 amide bonds. The zero-order chi connectivity index (χ0) is 13.9. The fraction of sp³-hybridized carbons (Fsp3) is 0.556. The minimum atomic E-state index is 0.603. The second kappa shape index (κ2) is 9.66. The summed E-state index contributed by atoms with van der Waals surface area (Å²) in [7, 11) is 0. The van der Waals surface area contributed by atoms with Crippen molar-refractivity contribution in [2.24, 2.45) is 5.92 Å². The van der Waals surface area contributed by atoms with Gasteiger partial charge in [0.1, 0.15) is 5.75 Å². The molecular formula is C18H28O. The van der Waals surface area contributed by atoms with E-state index in [1.165, 1.54) is 24.8 Å². The molecule has 0 saturated carbocycles. The molecule has 0 spiro atoms. The Bertz CT molecular complexity index is 350. The molecule has 19 heavy (non-hydrogen) atoms. The summed E-state index contributed by atoms with van der Waals surface area (Å²) in [6.45, 7) is 7.40. The standard InChI is InChI=1S/C18H28O/c1-4-6-7-8-14-19-18-12-10-17(11-13-18)15-16(3)9-5-2/h5,9-13,16H,4,6-8,14-15H2,1-3H3/b9-5-. The highest BCUT2D eigenvalue weighted by molar-refractivity contribution is 5.27. The van der Waals surface area contributed by atoms with Crippen molar-refractivity contribution in [3.8, 4) is 5.75 Å². The monoisotopic (exact) mass is 260 g/mol. The molecule has 1 aromatic rings. The Morgan fingerprint density at radius 3 is 2.47 bits per heavy atom. The molecule has 0 heterocycles. The first-order chi connectivity index (χ1) is 9.26. The molecule has 1 heteroatoms. The van der Waals surface area contributed by atoms with Crippen molar-refractivity contribution < 1.29 is 4.74 Å². The number of unbranched alkanes of at least 4 members (excludes halogenated alkanes) is 3. The van der Waals surface area contributed by atoms with Crippen molar-refractivity contribution in [2.45, 2.75) is 52.9 Å². The van der Waals surface area contributed by atoms with Crippen molar-refractivity contribution in [1.82, 2.24) is 0 Å². The van der Waals surface area contributed by atoms with Crippen LogP contribution in [0.25, 0.3) is 0 Å². The van der Waals surface area contributed by atoms with Crippen LogP contribution in [0, 0.1) is 5.92 Å².